The summed E-state index contributed by atoms with van der Waals surface area (Å²) < 4.78 is 11.1. The molecule has 4 heteroatoms. The Labute approximate surface area is 115 Å². The fourth-order valence-electron chi connectivity index (χ4n) is 2.44. The van der Waals surface area contributed by atoms with Crippen LogP contribution in [0.5, 0.6) is 0 Å². The van der Waals surface area contributed by atoms with E-state index in [0.717, 1.165) is 33.1 Å². The molecule has 0 amide bonds. The highest BCUT2D eigenvalue weighted by atomic mass is 35.5. The molecule has 0 saturated carbocycles. The molecule has 0 spiro atoms. The van der Waals surface area contributed by atoms with Crippen LogP contribution in [0, 0.1) is 0 Å². The highest BCUT2D eigenvalue weighted by molar-refractivity contribution is 6.37. The van der Waals surface area contributed by atoms with E-state index in [1.807, 2.05) is 30.3 Å². The third-order valence-corrected chi connectivity index (χ3v) is 3.62. The summed E-state index contributed by atoms with van der Waals surface area (Å²) in [6.07, 6.45) is 0. The fourth-order valence-corrected chi connectivity index (χ4v) is 2.71. The number of halogens is 1. The number of hydrogen-bond acceptors (Lipinski definition) is 3. The maximum atomic E-state index is 6.35. The molecule has 0 bridgehead atoms. The second-order valence-corrected chi connectivity index (χ2v) is 4.83. The predicted molar refractivity (Wildman–Crippen MR) is 77.3 cm³/mol. The van der Waals surface area contributed by atoms with Crippen molar-refractivity contribution in [2.45, 2.75) is 13.2 Å². The summed E-state index contributed by atoms with van der Waals surface area (Å²) in [7, 11) is 1.65. The summed E-state index contributed by atoms with van der Waals surface area (Å²) in [5.74, 6) is 0.754. The number of fused-ring (bicyclic) bond motifs is 3. The van der Waals surface area contributed by atoms with Crippen LogP contribution in [0.25, 0.3) is 21.7 Å². The van der Waals surface area contributed by atoms with Gasteiger partial charge in [0.1, 0.15) is 11.3 Å². The number of benzene rings is 2. The number of methoxy groups -OCH3 is 1. The first-order valence-electron chi connectivity index (χ1n) is 6.06. The molecule has 1 heterocycles. The second-order valence-electron chi connectivity index (χ2n) is 4.42. The molecule has 3 rings (SSSR count). The van der Waals surface area contributed by atoms with Crippen LogP contribution in [0.1, 0.15) is 11.3 Å². The first kappa shape index (κ1) is 12.5. The van der Waals surface area contributed by atoms with Crippen molar-refractivity contribution >= 4 is 33.3 Å². The normalized spacial score (nSPS) is 11.5. The van der Waals surface area contributed by atoms with Crippen molar-refractivity contribution in [1.82, 2.24) is 0 Å². The average Bonchev–Trinajstić information content (AvgIpc) is 2.78. The molecule has 0 aliphatic heterocycles. The standard InChI is InChI=1S/C15H14ClNO2/c1-18-8-12-11-6-13(16)9-4-2-3-5-10(9)15(11)19-14(12)7-17/h2-6H,7-8,17H2,1H3. The highest BCUT2D eigenvalue weighted by Crippen LogP contribution is 2.36. The van der Waals surface area contributed by atoms with Gasteiger partial charge in [-0.2, -0.15) is 0 Å². The van der Waals surface area contributed by atoms with Crippen LogP contribution in [0.2, 0.25) is 5.02 Å². The molecule has 2 N–H and O–H groups in total. The first-order chi connectivity index (χ1) is 9.26. The molecule has 0 radical (unpaired) electrons. The minimum atomic E-state index is 0.347. The molecule has 19 heavy (non-hydrogen) atoms. The van der Waals surface area contributed by atoms with Crippen molar-refractivity contribution in [2.24, 2.45) is 5.73 Å². The van der Waals surface area contributed by atoms with Crippen molar-refractivity contribution in [2.75, 3.05) is 7.11 Å². The van der Waals surface area contributed by atoms with Crippen molar-refractivity contribution in [1.29, 1.82) is 0 Å². The smallest absolute Gasteiger partial charge is 0.142 e. The molecule has 0 atom stereocenters. The van der Waals surface area contributed by atoms with Gasteiger partial charge in [0.15, 0.2) is 0 Å². The van der Waals surface area contributed by atoms with E-state index in [0.29, 0.717) is 18.2 Å². The van der Waals surface area contributed by atoms with E-state index in [4.69, 9.17) is 26.5 Å². The summed E-state index contributed by atoms with van der Waals surface area (Å²) >= 11 is 6.35. The Bertz CT molecular complexity index is 749. The van der Waals surface area contributed by atoms with Crippen LogP contribution in [-0.4, -0.2) is 7.11 Å². The Morgan fingerprint density at radius 3 is 2.63 bits per heavy atom. The van der Waals surface area contributed by atoms with Gasteiger partial charge in [0.2, 0.25) is 0 Å². The van der Waals surface area contributed by atoms with Gasteiger partial charge < -0.3 is 14.9 Å². The van der Waals surface area contributed by atoms with E-state index in [2.05, 4.69) is 0 Å². The zero-order chi connectivity index (χ0) is 13.4. The van der Waals surface area contributed by atoms with E-state index in [-0.39, 0.29) is 0 Å². The lowest BCUT2D eigenvalue weighted by Crippen LogP contribution is -1.99. The third-order valence-electron chi connectivity index (χ3n) is 3.31. The van der Waals surface area contributed by atoms with Gasteiger partial charge in [-0.05, 0) is 6.07 Å². The van der Waals surface area contributed by atoms with Crippen LogP contribution in [0.4, 0.5) is 0 Å². The molecule has 1 aromatic heterocycles. The molecule has 0 aliphatic rings. The fraction of sp³-hybridized carbons (Fsp3) is 0.200. The van der Waals surface area contributed by atoms with E-state index < -0.39 is 0 Å². The van der Waals surface area contributed by atoms with Gasteiger partial charge in [-0.15, -0.1) is 0 Å². The lowest BCUT2D eigenvalue weighted by Gasteiger charge is -2.02. The van der Waals surface area contributed by atoms with E-state index in [1.54, 1.807) is 7.11 Å². The third kappa shape index (κ3) is 1.91. The van der Waals surface area contributed by atoms with Gasteiger partial charge in [0.25, 0.3) is 0 Å². The zero-order valence-electron chi connectivity index (χ0n) is 10.6. The van der Waals surface area contributed by atoms with E-state index >= 15 is 0 Å². The number of furan rings is 1. The maximum absolute atomic E-state index is 6.35. The van der Waals surface area contributed by atoms with E-state index in [1.165, 1.54) is 0 Å². The molecular formula is C15H14ClNO2. The Hall–Kier alpha value is -1.55. The van der Waals surface area contributed by atoms with Crippen LogP contribution in [0.3, 0.4) is 0 Å². The minimum absolute atomic E-state index is 0.347. The Morgan fingerprint density at radius 1 is 1.21 bits per heavy atom. The van der Waals surface area contributed by atoms with Gasteiger partial charge in [0, 0.05) is 33.9 Å². The van der Waals surface area contributed by atoms with Crippen LogP contribution >= 0.6 is 11.6 Å². The van der Waals surface area contributed by atoms with Crippen LogP contribution in [-0.2, 0) is 17.9 Å². The lowest BCUT2D eigenvalue weighted by atomic mass is 10.1. The monoisotopic (exact) mass is 275 g/mol. The van der Waals surface area contributed by atoms with Gasteiger partial charge in [-0.25, -0.2) is 0 Å². The van der Waals surface area contributed by atoms with E-state index in [9.17, 15) is 0 Å². The average molecular weight is 276 g/mol. The van der Waals surface area contributed by atoms with Crippen LogP contribution in [0.15, 0.2) is 34.7 Å². The number of rotatable bonds is 3. The number of nitrogens with two attached hydrogens (primary N) is 1. The van der Waals surface area contributed by atoms with Gasteiger partial charge in [-0.3, -0.25) is 0 Å². The van der Waals surface area contributed by atoms with Crippen molar-refractivity contribution < 1.29 is 9.15 Å². The molecule has 0 fully saturated rings. The molecule has 3 aromatic rings. The molecule has 0 saturated heterocycles. The predicted octanol–water partition coefficient (Wildman–Crippen LogP) is 3.84. The number of ether oxygens (including phenoxy) is 1. The van der Waals surface area contributed by atoms with Crippen molar-refractivity contribution in [3.63, 3.8) is 0 Å². The van der Waals surface area contributed by atoms with Crippen molar-refractivity contribution in [3.8, 4) is 0 Å². The summed E-state index contributed by atoms with van der Waals surface area (Å²) in [5.41, 5.74) is 7.55. The summed E-state index contributed by atoms with van der Waals surface area (Å²) in [6.45, 7) is 0.813. The van der Waals surface area contributed by atoms with Crippen LogP contribution < -0.4 is 5.73 Å². The topological polar surface area (TPSA) is 48.4 Å². The highest BCUT2D eigenvalue weighted by Gasteiger charge is 2.16. The second kappa shape index (κ2) is 4.85. The first-order valence-corrected chi connectivity index (χ1v) is 6.44. The Kier molecular flexibility index (Phi) is 3.19. The maximum Gasteiger partial charge on any atom is 0.142 e. The molecular weight excluding hydrogens is 262 g/mol. The molecule has 0 unspecified atom stereocenters. The van der Waals surface area contributed by atoms with Gasteiger partial charge in [-0.1, -0.05) is 35.9 Å². The summed E-state index contributed by atoms with van der Waals surface area (Å²) in [6, 6.07) is 9.85. The zero-order valence-corrected chi connectivity index (χ0v) is 11.3. The Morgan fingerprint density at radius 2 is 1.95 bits per heavy atom. The quantitative estimate of drug-likeness (QED) is 0.790. The molecule has 3 nitrogen and oxygen atoms in total. The summed E-state index contributed by atoms with van der Waals surface area (Å²) in [4.78, 5) is 0. The van der Waals surface area contributed by atoms with Gasteiger partial charge >= 0.3 is 0 Å². The Balaban J connectivity index is 2.44. The lowest BCUT2D eigenvalue weighted by molar-refractivity contribution is 0.184. The number of hydrogen-bond donors (Lipinski definition) is 1. The largest absolute Gasteiger partial charge is 0.459 e. The molecule has 2 aromatic carbocycles. The molecule has 0 aliphatic carbocycles. The van der Waals surface area contributed by atoms with Gasteiger partial charge in [0.05, 0.1) is 13.2 Å². The van der Waals surface area contributed by atoms with Crippen molar-refractivity contribution in [3.05, 3.63) is 46.7 Å². The summed E-state index contributed by atoms with van der Waals surface area (Å²) in [5, 5.41) is 3.68. The SMILES string of the molecule is COCc1c(CN)oc2c1cc(Cl)c1ccccc12. The minimum Gasteiger partial charge on any atom is -0.459 e. The molecule has 98 valence electrons.